The molecule has 0 aliphatic rings. The van der Waals surface area contributed by atoms with E-state index in [0.29, 0.717) is 0 Å². The molecule has 0 aliphatic carbocycles. The Kier molecular flexibility index (Phi) is 3.53. The third-order valence-corrected chi connectivity index (χ3v) is 2.52. The summed E-state index contributed by atoms with van der Waals surface area (Å²) in [5.41, 5.74) is -0.164. The summed E-state index contributed by atoms with van der Waals surface area (Å²) < 4.78 is 26.2. The number of pyridine rings is 1. The average molecular weight is 269 g/mol. The van der Waals surface area contributed by atoms with Crippen LogP contribution in [0.4, 0.5) is 14.5 Å². The van der Waals surface area contributed by atoms with Crippen LogP contribution in [-0.4, -0.2) is 10.9 Å². The quantitative estimate of drug-likeness (QED) is 0.908. The first kappa shape index (κ1) is 12.4. The molecule has 1 heterocycles. The van der Waals surface area contributed by atoms with Crippen LogP contribution in [0.25, 0.3) is 0 Å². The summed E-state index contributed by atoms with van der Waals surface area (Å²) in [6, 6.07) is 4.20. The first-order valence-electron chi connectivity index (χ1n) is 4.94. The van der Waals surface area contributed by atoms with Gasteiger partial charge in [-0.05, 0) is 18.2 Å². The van der Waals surface area contributed by atoms with E-state index in [-0.39, 0.29) is 16.3 Å². The van der Waals surface area contributed by atoms with E-state index in [1.807, 2.05) is 0 Å². The number of carbonyl (C=O) groups excluding carboxylic acids is 1. The van der Waals surface area contributed by atoms with Crippen LogP contribution in [0.1, 0.15) is 10.4 Å². The summed E-state index contributed by atoms with van der Waals surface area (Å²) in [6.45, 7) is 0. The van der Waals surface area contributed by atoms with Gasteiger partial charge in [-0.3, -0.25) is 9.78 Å². The van der Waals surface area contributed by atoms with Crippen molar-refractivity contribution in [3.05, 3.63) is 58.9 Å². The minimum atomic E-state index is -0.732. The van der Waals surface area contributed by atoms with Crippen molar-refractivity contribution in [3.8, 4) is 0 Å². The summed E-state index contributed by atoms with van der Waals surface area (Å²) in [4.78, 5) is 15.5. The maximum Gasteiger partial charge on any atom is 0.258 e. The Labute approximate surface area is 106 Å². The maximum atomic E-state index is 13.3. The number of amides is 1. The molecule has 18 heavy (non-hydrogen) atoms. The Morgan fingerprint density at radius 1 is 1.28 bits per heavy atom. The zero-order valence-electron chi connectivity index (χ0n) is 8.95. The van der Waals surface area contributed by atoms with Crippen LogP contribution >= 0.6 is 11.6 Å². The van der Waals surface area contributed by atoms with Crippen molar-refractivity contribution < 1.29 is 13.6 Å². The molecule has 0 unspecified atom stereocenters. The molecule has 0 saturated heterocycles. The highest BCUT2D eigenvalue weighted by Crippen LogP contribution is 2.19. The number of anilines is 1. The summed E-state index contributed by atoms with van der Waals surface area (Å²) in [6.07, 6.45) is 2.66. The predicted octanol–water partition coefficient (Wildman–Crippen LogP) is 3.27. The smallest absolute Gasteiger partial charge is 0.258 e. The van der Waals surface area contributed by atoms with Gasteiger partial charge in [0.25, 0.3) is 5.91 Å². The lowest BCUT2D eigenvalue weighted by atomic mass is 10.2. The largest absolute Gasteiger partial charge is 0.319 e. The van der Waals surface area contributed by atoms with Crippen molar-refractivity contribution in [1.29, 1.82) is 0 Å². The first-order valence-corrected chi connectivity index (χ1v) is 5.31. The molecule has 1 N–H and O–H groups in total. The summed E-state index contributed by atoms with van der Waals surface area (Å²) in [5.74, 6) is -2.04. The van der Waals surface area contributed by atoms with Gasteiger partial charge in [0.15, 0.2) is 0 Å². The van der Waals surface area contributed by atoms with Crippen LogP contribution in [0.2, 0.25) is 5.02 Å². The minimum Gasteiger partial charge on any atom is -0.319 e. The van der Waals surface area contributed by atoms with Crippen molar-refractivity contribution in [2.24, 2.45) is 0 Å². The van der Waals surface area contributed by atoms with Crippen LogP contribution in [-0.2, 0) is 0 Å². The molecule has 1 amide bonds. The third kappa shape index (κ3) is 2.62. The Morgan fingerprint density at radius 2 is 2.06 bits per heavy atom. The monoisotopic (exact) mass is 268 g/mol. The van der Waals surface area contributed by atoms with E-state index in [1.54, 1.807) is 0 Å². The number of nitrogens with zero attached hydrogens (tertiary/aromatic N) is 1. The topological polar surface area (TPSA) is 42.0 Å². The lowest BCUT2D eigenvalue weighted by Gasteiger charge is -2.07. The second-order valence-corrected chi connectivity index (χ2v) is 3.84. The van der Waals surface area contributed by atoms with Gasteiger partial charge in [0.1, 0.15) is 11.6 Å². The fourth-order valence-corrected chi connectivity index (χ4v) is 1.52. The fourth-order valence-electron chi connectivity index (χ4n) is 1.33. The number of carbonyl (C=O) groups is 1. The molecule has 0 saturated carbocycles. The summed E-state index contributed by atoms with van der Waals surface area (Å²) in [7, 11) is 0. The number of nitrogens with one attached hydrogen (secondary N) is 1. The highest BCUT2D eigenvalue weighted by Gasteiger charge is 2.13. The molecule has 0 bridgehead atoms. The van der Waals surface area contributed by atoms with E-state index in [2.05, 4.69) is 10.3 Å². The van der Waals surface area contributed by atoms with Gasteiger partial charge in [0, 0.05) is 18.5 Å². The number of benzene rings is 1. The standard InChI is InChI=1S/C12H7ClF2N2O/c13-9-3-4-16-6-8(9)12(18)17-11-5-7(14)1-2-10(11)15/h1-6H,(H,17,18). The number of hydrogen-bond donors (Lipinski definition) is 1. The van der Waals surface area contributed by atoms with Crippen molar-refractivity contribution in [1.82, 2.24) is 4.98 Å². The molecule has 1 aromatic carbocycles. The van der Waals surface area contributed by atoms with E-state index in [4.69, 9.17) is 11.6 Å². The molecule has 92 valence electrons. The van der Waals surface area contributed by atoms with E-state index in [0.717, 1.165) is 18.2 Å². The van der Waals surface area contributed by atoms with Gasteiger partial charge in [-0.1, -0.05) is 11.6 Å². The predicted molar refractivity (Wildman–Crippen MR) is 63.6 cm³/mol. The first-order chi connectivity index (χ1) is 8.58. The summed E-state index contributed by atoms with van der Waals surface area (Å²) >= 11 is 5.79. The van der Waals surface area contributed by atoms with Crippen molar-refractivity contribution in [2.45, 2.75) is 0 Å². The number of rotatable bonds is 2. The van der Waals surface area contributed by atoms with Crippen LogP contribution < -0.4 is 5.32 Å². The maximum absolute atomic E-state index is 13.3. The number of hydrogen-bond acceptors (Lipinski definition) is 2. The van der Waals surface area contributed by atoms with E-state index >= 15 is 0 Å². The summed E-state index contributed by atoms with van der Waals surface area (Å²) in [5, 5.41) is 2.41. The molecular formula is C12H7ClF2N2O. The second kappa shape index (κ2) is 5.10. The van der Waals surface area contributed by atoms with Gasteiger partial charge >= 0.3 is 0 Å². The van der Waals surface area contributed by atoms with Crippen LogP contribution in [0.3, 0.4) is 0 Å². The molecule has 6 heteroatoms. The third-order valence-electron chi connectivity index (χ3n) is 2.19. The molecule has 0 radical (unpaired) electrons. The van der Waals surface area contributed by atoms with Crippen LogP contribution in [0, 0.1) is 11.6 Å². The molecule has 2 rings (SSSR count). The minimum absolute atomic E-state index is 0.0860. The Morgan fingerprint density at radius 3 is 2.78 bits per heavy atom. The molecule has 0 fully saturated rings. The highest BCUT2D eigenvalue weighted by molar-refractivity contribution is 6.34. The Bertz CT molecular complexity index is 604. The Balaban J connectivity index is 2.27. The van der Waals surface area contributed by atoms with E-state index in [1.165, 1.54) is 18.5 Å². The van der Waals surface area contributed by atoms with Gasteiger partial charge in [-0.2, -0.15) is 0 Å². The van der Waals surface area contributed by atoms with Crippen LogP contribution in [0.15, 0.2) is 36.7 Å². The number of aromatic nitrogens is 1. The van der Waals surface area contributed by atoms with Gasteiger partial charge in [-0.15, -0.1) is 0 Å². The highest BCUT2D eigenvalue weighted by atomic mass is 35.5. The molecule has 2 aromatic rings. The zero-order chi connectivity index (χ0) is 13.1. The number of halogens is 3. The SMILES string of the molecule is O=C(Nc1cc(F)ccc1F)c1cnccc1Cl. The van der Waals surface area contributed by atoms with E-state index in [9.17, 15) is 13.6 Å². The van der Waals surface area contributed by atoms with Gasteiger partial charge in [0.05, 0.1) is 16.3 Å². The second-order valence-electron chi connectivity index (χ2n) is 3.43. The fraction of sp³-hybridized carbons (Fsp3) is 0. The molecule has 3 nitrogen and oxygen atoms in total. The van der Waals surface area contributed by atoms with Crippen molar-refractivity contribution >= 4 is 23.2 Å². The lowest BCUT2D eigenvalue weighted by molar-refractivity contribution is 0.102. The van der Waals surface area contributed by atoms with Gasteiger partial charge in [-0.25, -0.2) is 8.78 Å². The molecule has 0 spiro atoms. The molecular weight excluding hydrogens is 262 g/mol. The van der Waals surface area contributed by atoms with Crippen LogP contribution in [0.5, 0.6) is 0 Å². The normalized spacial score (nSPS) is 10.2. The molecule has 1 aromatic heterocycles. The molecule has 0 aliphatic heterocycles. The van der Waals surface area contributed by atoms with Gasteiger partial charge in [0.2, 0.25) is 0 Å². The average Bonchev–Trinajstić information content (AvgIpc) is 2.34. The molecule has 0 atom stereocenters. The lowest BCUT2D eigenvalue weighted by Crippen LogP contribution is -2.14. The van der Waals surface area contributed by atoms with Gasteiger partial charge < -0.3 is 5.32 Å². The Hall–Kier alpha value is -2.01. The van der Waals surface area contributed by atoms with Crippen molar-refractivity contribution in [2.75, 3.05) is 5.32 Å². The van der Waals surface area contributed by atoms with Crippen molar-refractivity contribution in [3.63, 3.8) is 0 Å². The zero-order valence-corrected chi connectivity index (χ0v) is 9.71. The van der Waals surface area contributed by atoms with E-state index < -0.39 is 17.5 Å².